The fourth-order valence-corrected chi connectivity index (χ4v) is 0.750. The Morgan fingerprint density at radius 2 is 2.45 bits per heavy atom. The Balaban J connectivity index is 1.76. The van der Waals surface area contributed by atoms with Gasteiger partial charge in [-0.05, 0) is 6.42 Å². The number of carbonyl (C=O) groups excluding carboxylic acids is 1. The number of Topliss-reactive ketones (excluding diaryl/α,β-unsaturated/α-hetero) is 1. The van der Waals surface area contributed by atoms with E-state index in [0.717, 1.165) is 13.0 Å². The van der Waals surface area contributed by atoms with E-state index in [1.165, 1.54) is 0 Å². The Labute approximate surface area is 66.7 Å². The third-order valence-corrected chi connectivity index (χ3v) is 1.45. The highest BCUT2D eigenvalue weighted by molar-refractivity contribution is 5.82. The van der Waals surface area contributed by atoms with Crippen LogP contribution >= 0.6 is 0 Å². The molecule has 1 aliphatic rings. The summed E-state index contributed by atoms with van der Waals surface area (Å²) in [5, 5.41) is 0. The predicted octanol–water partition coefficient (Wildman–Crippen LogP) is 0.585. The second-order valence-electron chi connectivity index (χ2n) is 2.67. The van der Waals surface area contributed by atoms with E-state index in [1.807, 2.05) is 0 Å². The number of ketones is 1. The van der Waals surface area contributed by atoms with Gasteiger partial charge >= 0.3 is 0 Å². The highest BCUT2D eigenvalue weighted by Crippen LogP contribution is 2.08. The third-order valence-electron chi connectivity index (χ3n) is 1.45. The number of rotatable bonds is 6. The predicted molar refractivity (Wildman–Crippen MR) is 40.2 cm³/mol. The van der Waals surface area contributed by atoms with Crippen LogP contribution in [-0.4, -0.2) is 31.7 Å². The molecule has 3 heteroatoms. The molecule has 63 valence electrons. The number of hydrogen-bond donors (Lipinski definition) is 0. The third kappa shape index (κ3) is 4.93. The maximum atomic E-state index is 10.4. The van der Waals surface area contributed by atoms with E-state index in [0.29, 0.717) is 25.7 Å². The molecule has 1 radical (unpaired) electrons. The van der Waals surface area contributed by atoms with E-state index in [9.17, 15) is 4.79 Å². The van der Waals surface area contributed by atoms with Crippen molar-refractivity contribution in [3.8, 4) is 0 Å². The maximum Gasteiger partial charge on any atom is 0.133 e. The molecule has 0 aromatic carbocycles. The highest BCUT2D eigenvalue weighted by atomic mass is 16.6. The van der Waals surface area contributed by atoms with Crippen LogP contribution < -0.4 is 0 Å². The number of epoxide rings is 1. The molecule has 11 heavy (non-hydrogen) atoms. The molecule has 0 spiro atoms. The Morgan fingerprint density at radius 1 is 1.73 bits per heavy atom. The molecule has 0 aromatic heterocycles. The van der Waals surface area contributed by atoms with Crippen molar-refractivity contribution in [3.63, 3.8) is 0 Å². The van der Waals surface area contributed by atoms with Gasteiger partial charge in [-0.1, -0.05) is 0 Å². The number of ether oxygens (including phenoxy) is 2. The van der Waals surface area contributed by atoms with Crippen LogP contribution in [0.2, 0.25) is 0 Å². The van der Waals surface area contributed by atoms with Crippen LogP contribution in [0.25, 0.3) is 0 Å². The van der Waals surface area contributed by atoms with E-state index in [4.69, 9.17) is 9.47 Å². The average Bonchev–Trinajstić information content (AvgIpc) is 2.70. The Hall–Kier alpha value is -0.410. The molecule has 1 unspecified atom stereocenters. The Bertz CT molecular complexity index is 129. The normalized spacial score (nSPS) is 21.7. The van der Waals surface area contributed by atoms with Gasteiger partial charge in [0.05, 0.1) is 13.2 Å². The van der Waals surface area contributed by atoms with Crippen LogP contribution in [0.15, 0.2) is 0 Å². The van der Waals surface area contributed by atoms with Gasteiger partial charge in [-0.3, -0.25) is 4.79 Å². The molecule has 1 atom stereocenters. The summed E-state index contributed by atoms with van der Waals surface area (Å²) in [6, 6.07) is 0. The molecular weight excluding hydrogens is 144 g/mol. The van der Waals surface area contributed by atoms with Gasteiger partial charge in [0.1, 0.15) is 11.9 Å². The van der Waals surface area contributed by atoms with Gasteiger partial charge in [0.15, 0.2) is 0 Å². The van der Waals surface area contributed by atoms with Crippen molar-refractivity contribution in [1.29, 1.82) is 0 Å². The van der Waals surface area contributed by atoms with Crippen LogP contribution in [-0.2, 0) is 14.3 Å². The van der Waals surface area contributed by atoms with E-state index in [1.54, 1.807) is 0 Å². The molecule has 1 aliphatic heterocycles. The summed E-state index contributed by atoms with van der Waals surface area (Å²) < 4.78 is 10.1. The fraction of sp³-hybridized carbons (Fsp3) is 0.750. The van der Waals surface area contributed by atoms with Gasteiger partial charge in [-0.15, -0.1) is 0 Å². The van der Waals surface area contributed by atoms with Gasteiger partial charge in [0, 0.05) is 20.0 Å². The number of hydrogen-bond acceptors (Lipinski definition) is 3. The summed E-state index contributed by atoms with van der Waals surface area (Å²) in [5.74, 6) is -0.0173. The topological polar surface area (TPSA) is 38.8 Å². The van der Waals surface area contributed by atoms with Crippen molar-refractivity contribution in [2.45, 2.75) is 18.9 Å². The molecule has 0 aromatic rings. The average molecular weight is 157 g/mol. The molecule has 1 rings (SSSR count). The second kappa shape index (κ2) is 4.46. The zero-order valence-electron chi connectivity index (χ0n) is 6.54. The Morgan fingerprint density at radius 3 is 3.00 bits per heavy atom. The molecule has 1 saturated heterocycles. The summed E-state index contributed by atoms with van der Waals surface area (Å²) in [6.07, 6.45) is 1.62. The largest absolute Gasteiger partial charge is 0.379 e. The lowest BCUT2D eigenvalue weighted by Gasteiger charge is -1.99. The van der Waals surface area contributed by atoms with Gasteiger partial charge in [-0.25, -0.2) is 0 Å². The lowest BCUT2D eigenvalue weighted by molar-refractivity contribution is -0.115. The molecule has 0 N–H and O–H groups in total. The molecule has 3 nitrogen and oxygen atoms in total. The first-order valence-electron chi connectivity index (χ1n) is 3.83. The van der Waals surface area contributed by atoms with E-state index in [-0.39, 0.29) is 5.78 Å². The minimum atomic E-state index is -0.0173. The lowest BCUT2D eigenvalue weighted by atomic mass is 10.2. The maximum absolute atomic E-state index is 10.4. The van der Waals surface area contributed by atoms with Crippen LogP contribution in [0.1, 0.15) is 12.8 Å². The van der Waals surface area contributed by atoms with Gasteiger partial charge < -0.3 is 9.47 Å². The van der Waals surface area contributed by atoms with Crippen molar-refractivity contribution in [3.05, 3.63) is 6.92 Å². The van der Waals surface area contributed by atoms with Crippen LogP contribution in [0.4, 0.5) is 0 Å². The van der Waals surface area contributed by atoms with Crippen molar-refractivity contribution >= 4 is 5.78 Å². The quantitative estimate of drug-likeness (QED) is 0.418. The number of carbonyl (C=O) groups is 1. The van der Waals surface area contributed by atoms with Crippen LogP contribution in [0, 0.1) is 6.92 Å². The molecule has 0 amide bonds. The summed E-state index contributed by atoms with van der Waals surface area (Å²) in [7, 11) is 0. The first kappa shape index (κ1) is 8.68. The zero-order valence-corrected chi connectivity index (χ0v) is 6.54. The second-order valence-corrected chi connectivity index (χ2v) is 2.67. The Kier molecular flexibility index (Phi) is 3.52. The van der Waals surface area contributed by atoms with E-state index < -0.39 is 0 Å². The monoisotopic (exact) mass is 157 g/mol. The molecule has 0 saturated carbocycles. The smallest absolute Gasteiger partial charge is 0.133 e. The van der Waals surface area contributed by atoms with Crippen molar-refractivity contribution < 1.29 is 14.3 Å². The molecular formula is C8H13O3. The molecule has 1 heterocycles. The van der Waals surface area contributed by atoms with Gasteiger partial charge in [0.25, 0.3) is 0 Å². The van der Waals surface area contributed by atoms with Crippen molar-refractivity contribution in [2.24, 2.45) is 0 Å². The molecule has 0 bridgehead atoms. The van der Waals surface area contributed by atoms with Crippen molar-refractivity contribution in [2.75, 3.05) is 19.8 Å². The fourth-order valence-electron chi connectivity index (χ4n) is 0.750. The molecule has 1 fully saturated rings. The SMILES string of the molecule is [CH2]C(=O)CCCOCC1CO1. The first-order valence-corrected chi connectivity index (χ1v) is 3.83. The lowest BCUT2D eigenvalue weighted by Crippen LogP contribution is -2.03. The highest BCUT2D eigenvalue weighted by Gasteiger charge is 2.21. The van der Waals surface area contributed by atoms with Crippen LogP contribution in [0.5, 0.6) is 0 Å². The molecule has 0 aliphatic carbocycles. The first-order chi connectivity index (χ1) is 5.29. The van der Waals surface area contributed by atoms with Crippen molar-refractivity contribution in [1.82, 2.24) is 0 Å². The minimum Gasteiger partial charge on any atom is -0.379 e. The van der Waals surface area contributed by atoms with Gasteiger partial charge in [0.2, 0.25) is 0 Å². The van der Waals surface area contributed by atoms with E-state index >= 15 is 0 Å². The van der Waals surface area contributed by atoms with Gasteiger partial charge in [-0.2, -0.15) is 0 Å². The zero-order chi connectivity index (χ0) is 8.10. The summed E-state index contributed by atoms with van der Waals surface area (Å²) >= 11 is 0. The van der Waals surface area contributed by atoms with E-state index in [2.05, 4.69) is 6.92 Å². The minimum absolute atomic E-state index is 0.0173. The summed E-state index contributed by atoms with van der Waals surface area (Å²) in [6.45, 7) is 5.40. The summed E-state index contributed by atoms with van der Waals surface area (Å²) in [4.78, 5) is 10.4. The standard InChI is InChI=1S/C8H13O3/c1-7(9)3-2-4-10-5-8-6-11-8/h8H,1-6H2. The van der Waals surface area contributed by atoms with Crippen LogP contribution in [0.3, 0.4) is 0 Å². The summed E-state index contributed by atoms with van der Waals surface area (Å²) in [5.41, 5.74) is 0.